The summed E-state index contributed by atoms with van der Waals surface area (Å²) in [6.45, 7) is 5.17. The van der Waals surface area contributed by atoms with Gasteiger partial charge in [0.25, 0.3) is 0 Å². The number of ether oxygens (including phenoxy) is 2. The molecule has 0 saturated carbocycles. The van der Waals surface area contributed by atoms with Crippen molar-refractivity contribution in [1.29, 1.82) is 0 Å². The Morgan fingerprint density at radius 1 is 1.39 bits per heavy atom. The van der Waals surface area contributed by atoms with Gasteiger partial charge in [-0.3, -0.25) is 10.1 Å². The van der Waals surface area contributed by atoms with Gasteiger partial charge in [0, 0.05) is 6.08 Å². The first-order valence-electron chi connectivity index (χ1n) is 7.44. The molecule has 0 radical (unpaired) electrons. The number of benzene rings is 1. The Balaban J connectivity index is 2.55. The summed E-state index contributed by atoms with van der Waals surface area (Å²) in [5.41, 5.74) is -0.249. The second-order valence-corrected chi connectivity index (χ2v) is 5.54. The summed E-state index contributed by atoms with van der Waals surface area (Å²) in [6.07, 6.45) is 1.59. The van der Waals surface area contributed by atoms with Crippen LogP contribution in [-0.4, -0.2) is 35.6 Å². The van der Waals surface area contributed by atoms with Gasteiger partial charge in [-0.2, -0.15) is 0 Å². The maximum atomic E-state index is 11.5. The summed E-state index contributed by atoms with van der Waals surface area (Å²) in [7, 11) is 0. The lowest BCUT2D eigenvalue weighted by Gasteiger charge is -2.27. The molecule has 1 aromatic rings. The molecule has 2 N–H and O–H groups in total. The predicted octanol–water partition coefficient (Wildman–Crippen LogP) is 1.59. The van der Waals surface area contributed by atoms with Crippen molar-refractivity contribution in [2.75, 3.05) is 6.61 Å². The van der Waals surface area contributed by atoms with E-state index in [-0.39, 0.29) is 19.3 Å². The standard InChI is InChI=1S/C17H23NO5/c1-4-15(18-17(2,3)21)23-14-8-6-13(7-9-14)12-16(20)22-11-5-10-19/h5-9,15,18,21H,4,11-12H2,1-3H3. The molecule has 0 aliphatic rings. The summed E-state index contributed by atoms with van der Waals surface area (Å²) in [6, 6.07) is 7.04. The quantitative estimate of drug-likeness (QED) is 0.408. The SMILES string of the molecule is CCC(NC(C)(C)O)Oc1ccc(CC(=O)OCC=C=O)cc1. The van der Waals surface area contributed by atoms with Crippen LogP contribution >= 0.6 is 0 Å². The zero-order valence-electron chi connectivity index (χ0n) is 13.7. The van der Waals surface area contributed by atoms with E-state index in [1.807, 2.05) is 6.92 Å². The number of carbonyl (C=O) groups is 1. The molecule has 1 atom stereocenters. The highest BCUT2D eigenvalue weighted by molar-refractivity contribution is 5.72. The van der Waals surface area contributed by atoms with E-state index in [1.54, 1.807) is 44.1 Å². The van der Waals surface area contributed by atoms with E-state index in [2.05, 4.69) is 5.32 Å². The molecule has 1 aromatic carbocycles. The van der Waals surface area contributed by atoms with Crippen molar-refractivity contribution in [3.63, 3.8) is 0 Å². The first-order valence-corrected chi connectivity index (χ1v) is 7.44. The fourth-order valence-corrected chi connectivity index (χ4v) is 1.85. The van der Waals surface area contributed by atoms with Crippen LogP contribution in [-0.2, 0) is 20.7 Å². The molecule has 6 heteroatoms. The van der Waals surface area contributed by atoms with E-state index in [0.29, 0.717) is 12.2 Å². The summed E-state index contributed by atoms with van der Waals surface area (Å²) in [5.74, 6) is 1.76. The lowest BCUT2D eigenvalue weighted by Crippen LogP contribution is -2.48. The molecule has 1 unspecified atom stereocenters. The average Bonchev–Trinajstić information content (AvgIpc) is 2.47. The van der Waals surface area contributed by atoms with Crippen LogP contribution in [0, 0.1) is 0 Å². The number of hydrogen-bond acceptors (Lipinski definition) is 6. The smallest absolute Gasteiger partial charge is 0.310 e. The molecule has 0 aliphatic carbocycles. The van der Waals surface area contributed by atoms with Gasteiger partial charge >= 0.3 is 5.97 Å². The Hall–Kier alpha value is -2.14. The molecule has 0 amide bonds. The summed E-state index contributed by atoms with van der Waals surface area (Å²) >= 11 is 0. The third-order valence-corrected chi connectivity index (χ3v) is 2.85. The van der Waals surface area contributed by atoms with Crippen LogP contribution in [0.1, 0.15) is 32.8 Å². The zero-order valence-corrected chi connectivity index (χ0v) is 13.7. The first-order chi connectivity index (χ1) is 10.8. The summed E-state index contributed by atoms with van der Waals surface area (Å²) in [5, 5.41) is 12.7. The minimum absolute atomic E-state index is 0.0652. The monoisotopic (exact) mass is 321 g/mol. The fourth-order valence-electron chi connectivity index (χ4n) is 1.85. The second kappa shape index (κ2) is 9.10. The van der Waals surface area contributed by atoms with Gasteiger partial charge in [0.1, 0.15) is 24.0 Å². The van der Waals surface area contributed by atoms with Gasteiger partial charge in [-0.1, -0.05) is 19.1 Å². The predicted molar refractivity (Wildman–Crippen MR) is 85.5 cm³/mol. The minimum atomic E-state index is -1.03. The van der Waals surface area contributed by atoms with Crippen molar-refractivity contribution in [3.05, 3.63) is 35.9 Å². The maximum absolute atomic E-state index is 11.5. The van der Waals surface area contributed by atoms with Gasteiger partial charge in [0.05, 0.1) is 6.42 Å². The van der Waals surface area contributed by atoms with Crippen LogP contribution < -0.4 is 10.1 Å². The van der Waals surface area contributed by atoms with Gasteiger partial charge in [-0.05, 0) is 38.0 Å². The molecule has 126 valence electrons. The normalized spacial score (nSPS) is 12.2. The van der Waals surface area contributed by atoms with Gasteiger partial charge in [-0.25, -0.2) is 4.79 Å². The summed E-state index contributed by atoms with van der Waals surface area (Å²) in [4.78, 5) is 21.5. The van der Waals surface area contributed by atoms with Crippen LogP contribution in [0.15, 0.2) is 30.3 Å². The Labute approximate surface area is 136 Å². The van der Waals surface area contributed by atoms with Crippen molar-refractivity contribution in [2.45, 2.75) is 45.6 Å². The lowest BCUT2D eigenvalue weighted by atomic mass is 10.1. The van der Waals surface area contributed by atoms with Gasteiger partial charge in [0.2, 0.25) is 0 Å². The number of esters is 1. The molecule has 0 heterocycles. The van der Waals surface area contributed by atoms with Gasteiger partial charge < -0.3 is 14.6 Å². The number of aliphatic hydroxyl groups is 1. The van der Waals surface area contributed by atoms with E-state index in [1.165, 1.54) is 0 Å². The minimum Gasteiger partial charge on any atom is -0.475 e. The zero-order chi connectivity index (χ0) is 17.3. The van der Waals surface area contributed by atoms with Crippen molar-refractivity contribution >= 4 is 11.9 Å². The van der Waals surface area contributed by atoms with Gasteiger partial charge in [-0.15, -0.1) is 0 Å². The molecule has 23 heavy (non-hydrogen) atoms. The van der Waals surface area contributed by atoms with E-state index < -0.39 is 11.7 Å². The largest absolute Gasteiger partial charge is 0.475 e. The third-order valence-electron chi connectivity index (χ3n) is 2.85. The first kappa shape index (κ1) is 18.9. The highest BCUT2D eigenvalue weighted by atomic mass is 16.5. The Kier molecular flexibility index (Phi) is 7.48. The van der Waals surface area contributed by atoms with Crippen LogP contribution in [0.5, 0.6) is 5.75 Å². The molecule has 0 aliphatic heterocycles. The van der Waals surface area contributed by atoms with Crippen LogP contribution in [0.25, 0.3) is 0 Å². The van der Waals surface area contributed by atoms with E-state index in [9.17, 15) is 14.7 Å². The molecule has 0 spiro atoms. The Bertz CT molecular complexity index is 541. The molecule has 0 fully saturated rings. The number of rotatable bonds is 9. The van der Waals surface area contributed by atoms with Crippen molar-refractivity contribution in [1.82, 2.24) is 5.32 Å². The van der Waals surface area contributed by atoms with Crippen LogP contribution in [0.3, 0.4) is 0 Å². The van der Waals surface area contributed by atoms with Crippen LogP contribution in [0.2, 0.25) is 0 Å². The second-order valence-electron chi connectivity index (χ2n) is 5.54. The molecule has 0 aromatic heterocycles. The van der Waals surface area contributed by atoms with E-state index >= 15 is 0 Å². The molecular formula is C17H23NO5. The number of carbonyl (C=O) groups excluding carboxylic acids is 2. The molecule has 1 rings (SSSR count). The fraction of sp³-hybridized carbons (Fsp3) is 0.471. The number of hydrogen-bond donors (Lipinski definition) is 2. The van der Waals surface area contributed by atoms with Crippen LogP contribution in [0.4, 0.5) is 0 Å². The number of nitrogens with one attached hydrogen (secondary N) is 1. The average molecular weight is 321 g/mol. The van der Waals surface area contributed by atoms with Crippen molar-refractivity contribution in [2.24, 2.45) is 0 Å². The highest BCUT2D eigenvalue weighted by Crippen LogP contribution is 2.16. The Morgan fingerprint density at radius 3 is 2.57 bits per heavy atom. The highest BCUT2D eigenvalue weighted by Gasteiger charge is 2.18. The molecule has 0 bridgehead atoms. The summed E-state index contributed by atoms with van der Waals surface area (Å²) < 4.78 is 10.6. The maximum Gasteiger partial charge on any atom is 0.310 e. The third kappa shape index (κ3) is 8.16. The van der Waals surface area contributed by atoms with E-state index in [0.717, 1.165) is 11.6 Å². The molecule has 0 saturated heterocycles. The molecular weight excluding hydrogens is 298 g/mol. The van der Waals surface area contributed by atoms with Crippen molar-refractivity contribution < 1.29 is 24.2 Å². The van der Waals surface area contributed by atoms with E-state index in [4.69, 9.17) is 9.47 Å². The topological polar surface area (TPSA) is 84.9 Å². The van der Waals surface area contributed by atoms with Gasteiger partial charge in [0.15, 0.2) is 6.23 Å². The van der Waals surface area contributed by atoms with Crippen molar-refractivity contribution in [3.8, 4) is 5.75 Å². The molecule has 6 nitrogen and oxygen atoms in total. The lowest BCUT2D eigenvalue weighted by molar-refractivity contribution is -0.141. The Morgan fingerprint density at radius 2 is 2.04 bits per heavy atom.